The molecule has 0 aliphatic carbocycles. The number of nitrogen functional groups attached to an aromatic ring is 1. The smallest absolute Gasteiger partial charge is 0.472 e. The van der Waals surface area contributed by atoms with Crippen LogP contribution in [0.15, 0.2) is 36.7 Å². The largest absolute Gasteiger partial charge is 0.495 e. The van der Waals surface area contributed by atoms with Gasteiger partial charge in [0.15, 0.2) is 5.82 Å². The standard InChI is InChI=1S/C41H64N5O8P/c1-3-4-5-6-7-8-9-10-11-12-13-14-15-16-17-18-25-50-29-36(51-28-33-19-20-34(27-42)40(26-33)49-2)31-53-55(47,48)52-30-35-21-24-39(54-35)37-22-23-38-41(43)44-32-45-46(37)38/h19-20,22-23,26,32,35-36,39H,3-18,21,24-25,28-31H2,1-2H3,(H,47,48)(H2,43,44,45). The zero-order chi connectivity index (χ0) is 39.1. The lowest BCUT2D eigenvalue weighted by atomic mass is 10.0. The Bertz CT molecular complexity index is 1620. The molecule has 3 heterocycles. The van der Waals surface area contributed by atoms with Gasteiger partial charge in [-0.25, -0.2) is 14.1 Å². The molecule has 0 bridgehead atoms. The third kappa shape index (κ3) is 16.1. The van der Waals surface area contributed by atoms with Gasteiger partial charge in [-0.05, 0) is 49.1 Å². The number of phosphoric acid groups is 1. The Morgan fingerprint density at radius 3 is 2.27 bits per heavy atom. The van der Waals surface area contributed by atoms with Gasteiger partial charge in [0.1, 0.15) is 35.9 Å². The Labute approximate surface area is 327 Å². The molecule has 4 atom stereocenters. The average Bonchev–Trinajstić information content (AvgIpc) is 3.85. The summed E-state index contributed by atoms with van der Waals surface area (Å²) >= 11 is 0. The molecule has 55 heavy (non-hydrogen) atoms. The summed E-state index contributed by atoms with van der Waals surface area (Å²) in [6.45, 7) is 2.84. The molecule has 3 aromatic rings. The number of nitriles is 1. The van der Waals surface area contributed by atoms with Crippen LogP contribution in [0.3, 0.4) is 0 Å². The summed E-state index contributed by atoms with van der Waals surface area (Å²) in [5, 5.41) is 13.6. The first-order valence-electron chi connectivity index (χ1n) is 20.4. The molecule has 4 unspecified atom stereocenters. The number of methoxy groups -OCH3 is 1. The van der Waals surface area contributed by atoms with Crippen LogP contribution in [0.1, 0.15) is 145 Å². The van der Waals surface area contributed by atoms with E-state index in [-0.39, 0.29) is 32.5 Å². The Morgan fingerprint density at radius 2 is 1.62 bits per heavy atom. The average molecular weight is 786 g/mol. The van der Waals surface area contributed by atoms with Crippen molar-refractivity contribution in [1.82, 2.24) is 14.6 Å². The molecule has 14 heteroatoms. The van der Waals surface area contributed by atoms with E-state index >= 15 is 0 Å². The molecular weight excluding hydrogens is 721 g/mol. The highest BCUT2D eigenvalue weighted by atomic mass is 31.2. The summed E-state index contributed by atoms with van der Waals surface area (Å²) in [4.78, 5) is 14.6. The zero-order valence-electron chi connectivity index (χ0n) is 33.1. The van der Waals surface area contributed by atoms with Gasteiger partial charge in [-0.3, -0.25) is 9.05 Å². The lowest BCUT2D eigenvalue weighted by Gasteiger charge is -2.21. The molecule has 13 nitrogen and oxygen atoms in total. The fourth-order valence-corrected chi connectivity index (χ4v) is 7.68. The van der Waals surface area contributed by atoms with Crippen LogP contribution in [-0.2, 0) is 34.4 Å². The van der Waals surface area contributed by atoms with Gasteiger partial charge in [0.05, 0.1) is 50.9 Å². The van der Waals surface area contributed by atoms with Gasteiger partial charge in [0.25, 0.3) is 0 Å². The Balaban J connectivity index is 1.13. The van der Waals surface area contributed by atoms with E-state index in [0.717, 1.165) is 24.1 Å². The first-order chi connectivity index (χ1) is 26.8. The van der Waals surface area contributed by atoms with Crippen molar-refractivity contribution in [2.24, 2.45) is 0 Å². The summed E-state index contributed by atoms with van der Waals surface area (Å²) in [6, 6.07) is 11.0. The molecule has 306 valence electrons. The molecule has 1 saturated heterocycles. The van der Waals surface area contributed by atoms with Crippen LogP contribution >= 0.6 is 7.82 Å². The van der Waals surface area contributed by atoms with Crippen LogP contribution in [0.2, 0.25) is 0 Å². The first-order valence-corrected chi connectivity index (χ1v) is 21.9. The van der Waals surface area contributed by atoms with Crippen molar-refractivity contribution in [2.75, 3.05) is 39.3 Å². The van der Waals surface area contributed by atoms with E-state index in [2.05, 4.69) is 23.1 Å². The molecular formula is C41H64N5O8P. The molecule has 2 aromatic heterocycles. The first kappa shape index (κ1) is 44.6. The molecule has 1 aliphatic rings. The summed E-state index contributed by atoms with van der Waals surface area (Å²) in [5.74, 6) is 0.824. The number of nitrogens with zero attached hydrogens (tertiary/aromatic N) is 4. The van der Waals surface area contributed by atoms with E-state index in [9.17, 15) is 14.7 Å². The number of unbranched alkanes of at least 4 members (excludes halogenated alkanes) is 15. The van der Waals surface area contributed by atoms with Crippen molar-refractivity contribution in [3.8, 4) is 11.8 Å². The SMILES string of the molecule is CCCCCCCCCCCCCCCCCCOCC(COP(=O)(O)OCC1CCC(c2ccc3c(N)ncnn23)O1)OCc1ccc(C#N)c(OC)c1. The number of nitrogens with two attached hydrogens (primary N) is 1. The van der Waals surface area contributed by atoms with Gasteiger partial charge in [0, 0.05) is 6.61 Å². The zero-order valence-corrected chi connectivity index (χ0v) is 34.0. The van der Waals surface area contributed by atoms with E-state index in [4.69, 9.17) is 33.7 Å². The highest BCUT2D eigenvalue weighted by molar-refractivity contribution is 7.47. The highest BCUT2D eigenvalue weighted by Crippen LogP contribution is 2.45. The molecule has 1 aliphatic heterocycles. The quantitative estimate of drug-likeness (QED) is 0.0485. The van der Waals surface area contributed by atoms with E-state index < -0.39 is 20.0 Å². The van der Waals surface area contributed by atoms with Gasteiger partial charge in [-0.1, -0.05) is 109 Å². The molecule has 1 aromatic carbocycles. The summed E-state index contributed by atoms with van der Waals surface area (Å²) in [6.07, 6.45) is 22.2. The van der Waals surface area contributed by atoms with Gasteiger partial charge < -0.3 is 29.6 Å². The number of phosphoric ester groups is 1. The van der Waals surface area contributed by atoms with Crippen LogP contribution < -0.4 is 10.5 Å². The maximum atomic E-state index is 12.9. The Kier molecular flexibility index (Phi) is 20.5. The third-order valence-corrected chi connectivity index (χ3v) is 11.1. The van der Waals surface area contributed by atoms with Crippen molar-refractivity contribution in [2.45, 2.75) is 147 Å². The molecule has 4 rings (SSSR count). The van der Waals surface area contributed by atoms with Crippen LogP contribution in [-0.4, -0.2) is 65.2 Å². The normalized spacial score (nSPS) is 17.3. The molecule has 1 fully saturated rings. The number of aromatic nitrogens is 3. The number of ether oxygens (including phenoxy) is 4. The lowest BCUT2D eigenvalue weighted by Crippen LogP contribution is -2.26. The van der Waals surface area contributed by atoms with Crippen molar-refractivity contribution in [1.29, 1.82) is 5.26 Å². The number of anilines is 1. The predicted molar refractivity (Wildman–Crippen MR) is 213 cm³/mol. The van der Waals surface area contributed by atoms with Crippen LogP contribution in [0.5, 0.6) is 5.75 Å². The Hall–Kier alpha value is -3.08. The van der Waals surface area contributed by atoms with Gasteiger partial charge in [-0.15, -0.1) is 0 Å². The van der Waals surface area contributed by atoms with Crippen LogP contribution in [0.4, 0.5) is 5.82 Å². The second-order valence-corrected chi connectivity index (χ2v) is 16.0. The van der Waals surface area contributed by atoms with E-state index in [1.54, 1.807) is 22.7 Å². The summed E-state index contributed by atoms with van der Waals surface area (Å²) in [7, 11) is -2.93. The minimum Gasteiger partial charge on any atom is -0.495 e. The second kappa shape index (κ2) is 25.2. The fourth-order valence-electron chi connectivity index (χ4n) is 6.90. The molecule has 0 radical (unpaired) electrons. The van der Waals surface area contributed by atoms with E-state index in [0.29, 0.717) is 42.1 Å². The minimum atomic E-state index is -4.44. The number of hydrogen-bond acceptors (Lipinski definition) is 11. The minimum absolute atomic E-state index is 0.114. The fraction of sp³-hybridized carbons (Fsp3) is 0.683. The topological polar surface area (TPSA) is 173 Å². The second-order valence-electron chi connectivity index (χ2n) is 14.5. The van der Waals surface area contributed by atoms with Crippen LogP contribution in [0.25, 0.3) is 5.52 Å². The molecule has 0 spiro atoms. The van der Waals surface area contributed by atoms with Gasteiger partial charge in [0.2, 0.25) is 0 Å². The molecule has 0 amide bonds. The summed E-state index contributed by atoms with van der Waals surface area (Å²) < 4.78 is 48.9. The van der Waals surface area contributed by atoms with Gasteiger partial charge in [-0.2, -0.15) is 10.4 Å². The lowest BCUT2D eigenvalue weighted by molar-refractivity contribution is -0.0529. The number of rotatable bonds is 30. The van der Waals surface area contributed by atoms with Crippen molar-refractivity contribution in [3.05, 3.63) is 53.5 Å². The number of benzene rings is 1. The van der Waals surface area contributed by atoms with E-state index in [1.807, 2.05) is 12.1 Å². The van der Waals surface area contributed by atoms with E-state index in [1.165, 1.54) is 103 Å². The van der Waals surface area contributed by atoms with Crippen molar-refractivity contribution >= 4 is 19.2 Å². The molecule has 3 N–H and O–H groups in total. The predicted octanol–water partition coefficient (Wildman–Crippen LogP) is 9.41. The van der Waals surface area contributed by atoms with Crippen molar-refractivity contribution < 1.29 is 37.5 Å². The number of fused-ring (bicyclic) bond motifs is 1. The highest BCUT2D eigenvalue weighted by Gasteiger charge is 2.32. The van der Waals surface area contributed by atoms with Crippen molar-refractivity contribution in [3.63, 3.8) is 0 Å². The third-order valence-electron chi connectivity index (χ3n) is 10.1. The van der Waals surface area contributed by atoms with Crippen LogP contribution in [0, 0.1) is 11.3 Å². The van der Waals surface area contributed by atoms with Gasteiger partial charge >= 0.3 is 7.82 Å². The number of hydrogen-bond donors (Lipinski definition) is 2. The maximum Gasteiger partial charge on any atom is 0.472 e. The summed E-state index contributed by atoms with van der Waals surface area (Å²) in [5.41, 5.74) is 8.68. The Morgan fingerprint density at radius 1 is 0.945 bits per heavy atom. The monoisotopic (exact) mass is 785 g/mol. The molecule has 0 saturated carbocycles. The maximum absolute atomic E-state index is 12.9.